The van der Waals surface area contributed by atoms with Crippen molar-refractivity contribution in [1.82, 2.24) is 15.2 Å². The number of hydrogen-bond donors (Lipinski definition) is 2. The zero-order valence-corrected chi connectivity index (χ0v) is 11.5. The third kappa shape index (κ3) is 3.69. The maximum Gasteiger partial charge on any atom is 0.326 e. The molecule has 0 spiro atoms. The fraction of sp³-hybridized carbons (Fsp3) is 0.545. The summed E-state index contributed by atoms with van der Waals surface area (Å²) in [4.78, 5) is 28.1. The van der Waals surface area contributed by atoms with Crippen LogP contribution in [-0.4, -0.2) is 40.1 Å². The minimum Gasteiger partial charge on any atom is -0.480 e. The molecule has 1 atom stereocenters. The Balaban J connectivity index is 2.52. The van der Waals surface area contributed by atoms with Gasteiger partial charge in [0.05, 0.1) is 17.2 Å². The van der Waals surface area contributed by atoms with Crippen LogP contribution in [0.5, 0.6) is 0 Å². The van der Waals surface area contributed by atoms with Crippen molar-refractivity contribution in [2.45, 2.75) is 32.9 Å². The molecule has 7 heteroatoms. The van der Waals surface area contributed by atoms with Crippen LogP contribution in [0.1, 0.15) is 24.0 Å². The number of urea groups is 1. The third-order valence-corrected chi connectivity index (χ3v) is 3.37. The molecule has 0 radical (unpaired) electrons. The van der Waals surface area contributed by atoms with E-state index in [0.29, 0.717) is 13.0 Å². The highest BCUT2D eigenvalue weighted by molar-refractivity contribution is 7.09. The predicted octanol–water partition coefficient (Wildman–Crippen LogP) is 1.46. The van der Waals surface area contributed by atoms with Crippen LogP contribution in [0.2, 0.25) is 0 Å². The van der Waals surface area contributed by atoms with Crippen molar-refractivity contribution < 1.29 is 14.7 Å². The van der Waals surface area contributed by atoms with Gasteiger partial charge in [-0.25, -0.2) is 14.6 Å². The number of aliphatic carboxylic acids is 1. The Morgan fingerprint density at radius 3 is 2.72 bits per heavy atom. The van der Waals surface area contributed by atoms with Crippen LogP contribution in [0.3, 0.4) is 0 Å². The molecule has 100 valence electrons. The molecule has 18 heavy (non-hydrogen) atoms. The SMILES string of the molecule is CCC(C(=O)O)N(C)C(=O)NCc1csc(C)n1. The average Bonchev–Trinajstić information content (AvgIpc) is 2.72. The van der Waals surface area contributed by atoms with Gasteiger partial charge in [0, 0.05) is 12.4 Å². The Labute approximate surface area is 110 Å². The van der Waals surface area contributed by atoms with Gasteiger partial charge in [0.15, 0.2) is 0 Å². The van der Waals surface area contributed by atoms with Crippen molar-refractivity contribution in [2.24, 2.45) is 0 Å². The fourth-order valence-corrected chi connectivity index (χ4v) is 2.15. The lowest BCUT2D eigenvalue weighted by Crippen LogP contribution is -2.46. The number of thiazole rings is 1. The van der Waals surface area contributed by atoms with Crippen LogP contribution in [0.25, 0.3) is 0 Å². The van der Waals surface area contributed by atoms with E-state index in [1.807, 2.05) is 12.3 Å². The van der Waals surface area contributed by atoms with Gasteiger partial charge in [-0.05, 0) is 13.3 Å². The largest absolute Gasteiger partial charge is 0.480 e. The van der Waals surface area contributed by atoms with Gasteiger partial charge in [0.1, 0.15) is 6.04 Å². The van der Waals surface area contributed by atoms with E-state index in [9.17, 15) is 9.59 Å². The summed E-state index contributed by atoms with van der Waals surface area (Å²) in [5.41, 5.74) is 0.780. The van der Waals surface area contributed by atoms with E-state index < -0.39 is 18.0 Å². The van der Waals surface area contributed by atoms with E-state index in [1.165, 1.54) is 23.3 Å². The second kappa shape index (κ2) is 6.34. The Morgan fingerprint density at radius 2 is 2.28 bits per heavy atom. The highest BCUT2D eigenvalue weighted by Crippen LogP contribution is 2.08. The number of rotatable bonds is 5. The maximum atomic E-state index is 11.8. The number of carbonyl (C=O) groups is 2. The summed E-state index contributed by atoms with van der Waals surface area (Å²) in [5, 5.41) is 14.4. The third-order valence-electron chi connectivity index (χ3n) is 2.55. The molecule has 6 nitrogen and oxygen atoms in total. The summed E-state index contributed by atoms with van der Waals surface area (Å²) in [5.74, 6) is -1.00. The topological polar surface area (TPSA) is 82.5 Å². The molecule has 0 saturated heterocycles. The summed E-state index contributed by atoms with van der Waals surface area (Å²) in [6.45, 7) is 3.93. The van der Waals surface area contributed by atoms with Crippen molar-refractivity contribution in [3.05, 3.63) is 16.1 Å². The van der Waals surface area contributed by atoms with Gasteiger partial charge in [-0.15, -0.1) is 11.3 Å². The number of hydrogen-bond acceptors (Lipinski definition) is 4. The lowest BCUT2D eigenvalue weighted by Gasteiger charge is -2.23. The monoisotopic (exact) mass is 271 g/mol. The second-order valence-corrected chi connectivity index (χ2v) is 4.95. The van der Waals surface area contributed by atoms with Crippen LogP contribution in [0.15, 0.2) is 5.38 Å². The van der Waals surface area contributed by atoms with Crippen LogP contribution in [0, 0.1) is 6.92 Å². The minimum absolute atomic E-state index is 0.309. The van der Waals surface area contributed by atoms with Gasteiger partial charge in [0.2, 0.25) is 0 Å². The van der Waals surface area contributed by atoms with Crippen molar-refractivity contribution in [3.8, 4) is 0 Å². The number of likely N-dealkylation sites (N-methyl/N-ethyl adjacent to an activating group) is 1. The van der Waals surface area contributed by atoms with E-state index in [0.717, 1.165) is 10.7 Å². The van der Waals surface area contributed by atoms with Crippen LogP contribution < -0.4 is 5.32 Å². The summed E-state index contributed by atoms with van der Waals surface area (Å²) >= 11 is 1.51. The average molecular weight is 271 g/mol. The molecular formula is C11H17N3O3S. The molecule has 2 amide bonds. The Hall–Kier alpha value is -1.63. The van der Waals surface area contributed by atoms with Crippen LogP contribution in [0.4, 0.5) is 4.79 Å². The Morgan fingerprint density at radius 1 is 1.61 bits per heavy atom. The highest BCUT2D eigenvalue weighted by atomic mass is 32.1. The van der Waals surface area contributed by atoms with Crippen LogP contribution in [-0.2, 0) is 11.3 Å². The zero-order chi connectivity index (χ0) is 13.7. The van der Waals surface area contributed by atoms with Gasteiger partial charge < -0.3 is 15.3 Å². The van der Waals surface area contributed by atoms with Crippen molar-refractivity contribution >= 4 is 23.3 Å². The first kappa shape index (κ1) is 14.4. The Kier molecular flexibility index (Phi) is 5.08. The van der Waals surface area contributed by atoms with Gasteiger partial charge >= 0.3 is 12.0 Å². The molecule has 0 aromatic carbocycles. The molecule has 1 unspecified atom stereocenters. The highest BCUT2D eigenvalue weighted by Gasteiger charge is 2.24. The van der Waals surface area contributed by atoms with E-state index in [2.05, 4.69) is 10.3 Å². The van der Waals surface area contributed by atoms with E-state index >= 15 is 0 Å². The normalized spacial score (nSPS) is 11.9. The quantitative estimate of drug-likeness (QED) is 0.849. The van der Waals surface area contributed by atoms with Gasteiger partial charge in [0.25, 0.3) is 0 Å². The Bertz CT molecular complexity index is 433. The summed E-state index contributed by atoms with van der Waals surface area (Å²) in [6, 6.07) is -1.21. The number of aryl methyl sites for hydroxylation is 1. The fourth-order valence-electron chi connectivity index (χ4n) is 1.54. The molecule has 1 rings (SSSR count). The number of nitrogens with zero attached hydrogens (tertiary/aromatic N) is 2. The lowest BCUT2D eigenvalue weighted by atomic mass is 10.2. The smallest absolute Gasteiger partial charge is 0.326 e. The molecule has 0 aliphatic carbocycles. The van der Waals surface area contributed by atoms with Gasteiger partial charge in [-0.2, -0.15) is 0 Å². The number of nitrogens with one attached hydrogen (secondary N) is 1. The van der Waals surface area contributed by atoms with Crippen molar-refractivity contribution in [1.29, 1.82) is 0 Å². The van der Waals surface area contributed by atoms with E-state index in [1.54, 1.807) is 6.92 Å². The first-order valence-corrected chi connectivity index (χ1v) is 6.48. The van der Waals surface area contributed by atoms with Crippen molar-refractivity contribution in [3.63, 3.8) is 0 Å². The molecule has 1 aromatic rings. The first-order valence-electron chi connectivity index (χ1n) is 5.60. The van der Waals surface area contributed by atoms with Gasteiger partial charge in [-0.3, -0.25) is 0 Å². The molecule has 0 fully saturated rings. The molecule has 0 aliphatic rings. The minimum atomic E-state index is -1.00. The van der Waals surface area contributed by atoms with E-state index in [4.69, 9.17) is 5.11 Å². The number of carboxylic acids is 1. The van der Waals surface area contributed by atoms with Crippen LogP contribution >= 0.6 is 11.3 Å². The summed E-state index contributed by atoms with van der Waals surface area (Å²) in [6.07, 6.45) is 0.370. The molecule has 0 saturated carbocycles. The number of carboxylic acid groups (broad SMARTS) is 1. The summed E-state index contributed by atoms with van der Waals surface area (Å²) < 4.78 is 0. The number of carbonyl (C=O) groups excluding carboxylic acids is 1. The second-order valence-electron chi connectivity index (χ2n) is 3.89. The van der Waals surface area contributed by atoms with Crippen molar-refractivity contribution in [2.75, 3.05) is 7.05 Å². The lowest BCUT2D eigenvalue weighted by molar-refractivity contribution is -0.141. The standard InChI is InChI=1S/C11H17N3O3S/c1-4-9(10(15)16)14(3)11(17)12-5-8-6-18-7(2)13-8/h6,9H,4-5H2,1-3H3,(H,12,17)(H,15,16). The maximum absolute atomic E-state index is 11.8. The molecule has 1 heterocycles. The molecular weight excluding hydrogens is 254 g/mol. The number of aromatic nitrogens is 1. The molecule has 2 N–H and O–H groups in total. The number of amides is 2. The summed E-state index contributed by atoms with van der Waals surface area (Å²) in [7, 11) is 1.48. The van der Waals surface area contributed by atoms with E-state index in [-0.39, 0.29) is 0 Å². The zero-order valence-electron chi connectivity index (χ0n) is 10.6. The molecule has 0 bridgehead atoms. The molecule has 1 aromatic heterocycles. The predicted molar refractivity (Wildman–Crippen MR) is 68.6 cm³/mol. The van der Waals surface area contributed by atoms with Gasteiger partial charge in [-0.1, -0.05) is 6.92 Å². The first-order chi connectivity index (χ1) is 8.45. The molecule has 0 aliphatic heterocycles.